The number of rotatable bonds is 8. The minimum absolute atomic E-state index is 0.0366. The minimum Gasteiger partial charge on any atom is -0.494 e. The van der Waals surface area contributed by atoms with Crippen LogP contribution in [0.15, 0.2) is 48.5 Å². The molecule has 176 valence electrons. The number of carbonyl (C=O) groups excluding carboxylic acids is 3. The van der Waals surface area contributed by atoms with Crippen LogP contribution in [-0.2, 0) is 4.79 Å². The Labute approximate surface area is 195 Å². The number of benzene rings is 2. The topological polar surface area (TPSA) is 96.5 Å². The molecule has 0 atom stereocenters. The van der Waals surface area contributed by atoms with Crippen LogP contribution in [0.3, 0.4) is 0 Å². The highest BCUT2D eigenvalue weighted by Gasteiger charge is 2.21. The Balaban J connectivity index is 1.48. The van der Waals surface area contributed by atoms with Gasteiger partial charge in [0.2, 0.25) is 5.91 Å². The van der Waals surface area contributed by atoms with Crippen molar-refractivity contribution in [1.29, 1.82) is 0 Å². The summed E-state index contributed by atoms with van der Waals surface area (Å²) in [4.78, 5) is 37.2. The van der Waals surface area contributed by atoms with E-state index in [0.29, 0.717) is 35.1 Å². The Hall–Kier alpha value is -3.35. The number of hydrazine groups is 1. The van der Waals surface area contributed by atoms with Gasteiger partial charge in [-0.25, -0.2) is 0 Å². The number of carbonyl (C=O) groups is 3. The highest BCUT2D eigenvalue weighted by molar-refractivity contribution is 5.99. The Morgan fingerprint density at radius 1 is 0.909 bits per heavy atom. The molecule has 2 aromatic rings. The van der Waals surface area contributed by atoms with Gasteiger partial charge in [-0.1, -0.05) is 39.2 Å². The van der Waals surface area contributed by atoms with E-state index in [1.54, 1.807) is 48.5 Å². The van der Waals surface area contributed by atoms with E-state index in [2.05, 4.69) is 30.0 Å². The normalized spacial score (nSPS) is 13.9. The van der Waals surface area contributed by atoms with Gasteiger partial charge in [-0.2, -0.15) is 0 Å². The molecule has 0 heterocycles. The van der Waals surface area contributed by atoms with Gasteiger partial charge in [0.1, 0.15) is 5.75 Å². The quantitative estimate of drug-likeness (QED) is 0.507. The van der Waals surface area contributed by atoms with E-state index in [1.807, 2.05) is 0 Å². The number of ether oxygens (including phenoxy) is 1. The molecule has 7 nitrogen and oxygen atoms in total. The van der Waals surface area contributed by atoms with E-state index >= 15 is 0 Å². The first kappa shape index (κ1) is 24.3. The lowest BCUT2D eigenvalue weighted by Crippen LogP contribution is -2.41. The van der Waals surface area contributed by atoms with Gasteiger partial charge in [0.25, 0.3) is 11.8 Å². The number of hydrogen-bond donors (Lipinski definition) is 3. The van der Waals surface area contributed by atoms with Gasteiger partial charge < -0.3 is 10.1 Å². The average molecular weight is 452 g/mol. The third-order valence-corrected chi connectivity index (χ3v) is 5.74. The summed E-state index contributed by atoms with van der Waals surface area (Å²) in [6, 6.07) is 13.4. The summed E-state index contributed by atoms with van der Waals surface area (Å²) in [5, 5.41) is 2.92. The molecule has 0 bridgehead atoms. The van der Waals surface area contributed by atoms with Crippen LogP contribution >= 0.6 is 0 Å². The molecule has 1 aliphatic carbocycles. The number of nitrogens with one attached hydrogen (secondary N) is 3. The second-order valence-electron chi connectivity index (χ2n) is 8.87. The fraction of sp³-hybridized carbons (Fsp3) is 0.423. The van der Waals surface area contributed by atoms with Crippen LogP contribution in [-0.4, -0.2) is 24.3 Å². The van der Waals surface area contributed by atoms with Crippen LogP contribution in [0.2, 0.25) is 0 Å². The fourth-order valence-electron chi connectivity index (χ4n) is 3.71. The summed E-state index contributed by atoms with van der Waals surface area (Å²) in [6.45, 7) is 4.82. The maximum absolute atomic E-state index is 12.4. The maximum Gasteiger partial charge on any atom is 0.269 e. The van der Waals surface area contributed by atoms with E-state index in [1.165, 1.54) is 6.42 Å². The summed E-state index contributed by atoms with van der Waals surface area (Å²) in [7, 11) is 0. The van der Waals surface area contributed by atoms with Crippen molar-refractivity contribution in [3.8, 4) is 5.75 Å². The van der Waals surface area contributed by atoms with E-state index in [4.69, 9.17) is 4.74 Å². The van der Waals surface area contributed by atoms with Gasteiger partial charge in [0.15, 0.2) is 0 Å². The first-order valence-electron chi connectivity index (χ1n) is 11.7. The van der Waals surface area contributed by atoms with Crippen molar-refractivity contribution in [1.82, 2.24) is 10.9 Å². The van der Waals surface area contributed by atoms with E-state index < -0.39 is 11.8 Å². The molecule has 1 saturated carbocycles. The molecule has 0 radical (unpaired) electrons. The molecule has 0 spiro atoms. The molecule has 0 saturated heterocycles. The molecular weight excluding hydrogens is 418 g/mol. The smallest absolute Gasteiger partial charge is 0.269 e. The molecule has 7 heteroatoms. The van der Waals surface area contributed by atoms with Crippen LogP contribution in [0.1, 0.15) is 73.1 Å². The van der Waals surface area contributed by atoms with Gasteiger partial charge in [0, 0.05) is 22.7 Å². The van der Waals surface area contributed by atoms with E-state index in [-0.39, 0.29) is 11.8 Å². The lowest BCUT2D eigenvalue weighted by atomic mass is 9.88. The second kappa shape index (κ2) is 12.0. The van der Waals surface area contributed by atoms with Crippen LogP contribution in [0, 0.1) is 11.8 Å². The minimum atomic E-state index is -0.446. The van der Waals surface area contributed by atoms with Gasteiger partial charge in [-0.15, -0.1) is 0 Å². The molecule has 1 fully saturated rings. The van der Waals surface area contributed by atoms with Crippen LogP contribution < -0.4 is 20.9 Å². The van der Waals surface area contributed by atoms with Gasteiger partial charge in [0.05, 0.1) is 6.61 Å². The molecule has 0 unspecified atom stereocenters. The Morgan fingerprint density at radius 3 is 2.24 bits per heavy atom. The highest BCUT2D eigenvalue weighted by atomic mass is 16.5. The van der Waals surface area contributed by atoms with E-state index in [0.717, 1.165) is 32.1 Å². The third kappa shape index (κ3) is 7.63. The monoisotopic (exact) mass is 451 g/mol. The molecule has 0 aromatic heterocycles. The SMILES string of the molecule is CC(C)CCOc1cccc(C(=O)NNC(=O)c2ccc(NC(=O)C3CCCCC3)cc2)c1. The summed E-state index contributed by atoms with van der Waals surface area (Å²) in [5.74, 6) is 0.368. The van der Waals surface area contributed by atoms with Crippen molar-refractivity contribution in [2.45, 2.75) is 52.4 Å². The van der Waals surface area contributed by atoms with Crippen LogP contribution in [0.5, 0.6) is 5.75 Å². The zero-order chi connectivity index (χ0) is 23.6. The molecule has 3 N–H and O–H groups in total. The molecular formula is C26H33N3O4. The largest absolute Gasteiger partial charge is 0.494 e. The van der Waals surface area contributed by atoms with Crippen molar-refractivity contribution in [2.75, 3.05) is 11.9 Å². The molecule has 3 rings (SSSR count). The van der Waals surface area contributed by atoms with Crippen LogP contribution in [0.25, 0.3) is 0 Å². The lowest BCUT2D eigenvalue weighted by molar-refractivity contribution is -0.120. The molecule has 0 aliphatic heterocycles. The number of amides is 3. The fourth-order valence-corrected chi connectivity index (χ4v) is 3.71. The summed E-state index contributed by atoms with van der Waals surface area (Å²) in [5.41, 5.74) is 6.26. The Kier molecular flexibility index (Phi) is 8.87. The van der Waals surface area contributed by atoms with Crippen molar-refractivity contribution < 1.29 is 19.1 Å². The number of hydrogen-bond acceptors (Lipinski definition) is 4. The summed E-state index contributed by atoms with van der Waals surface area (Å²) < 4.78 is 5.68. The van der Waals surface area contributed by atoms with Crippen molar-refractivity contribution >= 4 is 23.4 Å². The predicted molar refractivity (Wildman–Crippen MR) is 128 cm³/mol. The Morgan fingerprint density at radius 2 is 1.58 bits per heavy atom. The zero-order valence-corrected chi connectivity index (χ0v) is 19.4. The summed E-state index contributed by atoms with van der Waals surface area (Å²) in [6.07, 6.45) is 6.17. The number of anilines is 1. The first-order valence-corrected chi connectivity index (χ1v) is 11.7. The van der Waals surface area contributed by atoms with Crippen molar-refractivity contribution in [2.24, 2.45) is 11.8 Å². The zero-order valence-electron chi connectivity index (χ0n) is 19.4. The summed E-state index contributed by atoms with van der Waals surface area (Å²) >= 11 is 0. The second-order valence-corrected chi connectivity index (χ2v) is 8.87. The average Bonchev–Trinajstić information content (AvgIpc) is 2.83. The van der Waals surface area contributed by atoms with Gasteiger partial charge in [-0.05, 0) is 67.6 Å². The third-order valence-electron chi connectivity index (χ3n) is 5.74. The van der Waals surface area contributed by atoms with Gasteiger partial charge >= 0.3 is 0 Å². The van der Waals surface area contributed by atoms with Crippen molar-refractivity contribution in [3.05, 3.63) is 59.7 Å². The Bertz CT molecular complexity index is 950. The molecule has 3 amide bonds. The van der Waals surface area contributed by atoms with Gasteiger partial charge in [-0.3, -0.25) is 25.2 Å². The molecule has 2 aromatic carbocycles. The molecule has 33 heavy (non-hydrogen) atoms. The van der Waals surface area contributed by atoms with Crippen molar-refractivity contribution in [3.63, 3.8) is 0 Å². The predicted octanol–water partition coefficient (Wildman–Crippen LogP) is 4.71. The van der Waals surface area contributed by atoms with E-state index in [9.17, 15) is 14.4 Å². The first-order chi connectivity index (χ1) is 15.9. The standard InChI is InChI=1S/C26H33N3O4/c1-18(2)15-16-33-23-10-6-9-21(17-23)26(32)29-28-25(31)20-11-13-22(14-12-20)27-24(30)19-7-4-3-5-8-19/h6,9-14,17-19H,3-5,7-8,15-16H2,1-2H3,(H,27,30)(H,28,31)(H,29,32). The van der Waals surface area contributed by atoms with Crippen LogP contribution in [0.4, 0.5) is 5.69 Å². The highest BCUT2D eigenvalue weighted by Crippen LogP contribution is 2.25. The lowest BCUT2D eigenvalue weighted by Gasteiger charge is -2.20. The molecule has 1 aliphatic rings. The maximum atomic E-state index is 12.4.